The topological polar surface area (TPSA) is 52.0 Å². The standard InChI is InChI=1S/C11H18N2/c1-4-5-9-10(12)7(2)6-8(3)11(9)13/h6H,4-5,12-13H2,1-3H3. The van der Waals surface area contributed by atoms with Gasteiger partial charge in [-0.25, -0.2) is 0 Å². The van der Waals surface area contributed by atoms with Gasteiger partial charge in [-0.2, -0.15) is 0 Å². The lowest BCUT2D eigenvalue weighted by Gasteiger charge is -2.13. The molecule has 0 atom stereocenters. The Morgan fingerprint density at radius 3 is 1.92 bits per heavy atom. The molecule has 2 nitrogen and oxygen atoms in total. The minimum Gasteiger partial charge on any atom is -0.398 e. The summed E-state index contributed by atoms with van der Waals surface area (Å²) >= 11 is 0. The maximum Gasteiger partial charge on any atom is 0.0397 e. The van der Waals surface area contributed by atoms with Crippen LogP contribution in [-0.4, -0.2) is 0 Å². The average molecular weight is 178 g/mol. The van der Waals surface area contributed by atoms with Crippen molar-refractivity contribution in [2.45, 2.75) is 33.6 Å². The Balaban J connectivity index is 3.28. The van der Waals surface area contributed by atoms with E-state index in [9.17, 15) is 0 Å². The molecule has 1 rings (SSSR count). The Kier molecular flexibility index (Phi) is 2.81. The molecule has 0 radical (unpaired) electrons. The van der Waals surface area contributed by atoms with Crippen molar-refractivity contribution in [3.8, 4) is 0 Å². The van der Waals surface area contributed by atoms with Gasteiger partial charge >= 0.3 is 0 Å². The van der Waals surface area contributed by atoms with Gasteiger partial charge in [0.25, 0.3) is 0 Å². The van der Waals surface area contributed by atoms with E-state index in [2.05, 4.69) is 6.92 Å². The van der Waals surface area contributed by atoms with Crippen molar-refractivity contribution in [1.29, 1.82) is 0 Å². The fourth-order valence-electron chi connectivity index (χ4n) is 1.62. The Hall–Kier alpha value is -1.18. The molecule has 0 amide bonds. The van der Waals surface area contributed by atoms with E-state index < -0.39 is 0 Å². The zero-order valence-corrected chi connectivity index (χ0v) is 8.65. The summed E-state index contributed by atoms with van der Waals surface area (Å²) in [7, 11) is 0. The fraction of sp³-hybridized carbons (Fsp3) is 0.455. The van der Waals surface area contributed by atoms with Gasteiger partial charge in [-0.05, 0) is 37.0 Å². The highest BCUT2D eigenvalue weighted by Crippen LogP contribution is 2.27. The smallest absolute Gasteiger partial charge is 0.0397 e. The second kappa shape index (κ2) is 3.69. The summed E-state index contributed by atoms with van der Waals surface area (Å²) in [6, 6.07) is 2.05. The number of nitrogens with two attached hydrogens (primary N) is 2. The van der Waals surface area contributed by atoms with Crippen LogP contribution < -0.4 is 11.5 Å². The lowest BCUT2D eigenvalue weighted by molar-refractivity contribution is 0.924. The first-order valence-corrected chi connectivity index (χ1v) is 4.72. The maximum absolute atomic E-state index is 5.96. The molecule has 0 fully saturated rings. The van der Waals surface area contributed by atoms with Crippen LogP contribution in [0.1, 0.15) is 30.0 Å². The summed E-state index contributed by atoms with van der Waals surface area (Å²) in [6.45, 7) is 6.19. The van der Waals surface area contributed by atoms with Crippen molar-refractivity contribution < 1.29 is 0 Å². The minimum atomic E-state index is 0.866. The van der Waals surface area contributed by atoms with Crippen LogP contribution in [-0.2, 0) is 6.42 Å². The van der Waals surface area contributed by atoms with Gasteiger partial charge in [-0.15, -0.1) is 0 Å². The quantitative estimate of drug-likeness (QED) is 0.683. The summed E-state index contributed by atoms with van der Waals surface area (Å²) in [6.07, 6.45) is 2.05. The van der Waals surface area contributed by atoms with Crippen LogP contribution in [0.2, 0.25) is 0 Å². The normalized spacial score (nSPS) is 10.4. The molecule has 2 heteroatoms. The van der Waals surface area contributed by atoms with E-state index in [1.54, 1.807) is 0 Å². The molecule has 0 aliphatic heterocycles. The number of hydrogen-bond acceptors (Lipinski definition) is 2. The predicted molar refractivity (Wildman–Crippen MR) is 58.7 cm³/mol. The Morgan fingerprint density at radius 1 is 1.08 bits per heavy atom. The van der Waals surface area contributed by atoms with Crippen LogP contribution >= 0.6 is 0 Å². The lowest BCUT2D eigenvalue weighted by Crippen LogP contribution is -2.04. The zero-order valence-electron chi connectivity index (χ0n) is 8.65. The molecule has 0 aliphatic carbocycles. The second-order valence-corrected chi connectivity index (χ2v) is 3.57. The molecule has 0 spiro atoms. The van der Waals surface area contributed by atoms with E-state index in [0.717, 1.165) is 40.9 Å². The van der Waals surface area contributed by atoms with Crippen molar-refractivity contribution in [2.24, 2.45) is 0 Å². The lowest BCUT2D eigenvalue weighted by atomic mass is 9.98. The van der Waals surface area contributed by atoms with Gasteiger partial charge in [0.1, 0.15) is 0 Å². The minimum absolute atomic E-state index is 0.866. The molecule has 1 aromatic rings. The summed E-state index contributed by atoms with van der Waals surface area (Å²) < 4.78 is 0. The van der Waals surface area contributed by atoms with E-state index in [4.69, 9.17) is 11.5 Å². The van der Waals surface area contributed by atoms with Crippen molar-refractivity contribution >= 4 is 11.4 Å². The van der Waals surface area contributed by atoms with Crippen molar-refractivity contribution in [2.75, 3.05) is 11.5 Å². The summed E-state index contributed by atoms with van der Waals surface area (Å²) in [5.41, 5.74) is 17.0. The van der Waals surface area contributed by atoms with Gasteiger partial charge in [-0.1, -0.05) is 19.4 Å². The Morgan fingerprint density at radius 2 is 1.54 bits per heavy atom. The Labute approximate surface area is 79.9 Å². The van der Waals surface area contributed by atoms with E-state index in [1.165, 1.54) is 0 Å². The third-order valence-corrected chi connectivity index (χ3v) is 2.43. The molecule has 0 heterocycles. The molecule has 0 unspecified atom stereocenters. The van der Waals surface area contributed by atoms with Gasteiger partial charge in [-0.3, -0.25) is 0 Å². The highest BCUT2D eigenvalue weighted by Gasteiger charge is 2.08. The van der Waals surface area contributed by atoms with Crippen molar-refractivity contribution in [1.82, 2.24) is 0 Å². The Bertz CT molecular complexity index is 290. The van der Waals surface area contributed by atoms with Crippen LogP contribution in [0.25, 0.3) is 0 Å². The molecule has 0 aromatic heterocycles. The zero-order chi connectivity index (χ0) is 10.0. The summed E-state index contributed by atoms with van der Waals surface area (Å²) in [5, 5.41) is 0. The van der Waals surface area contributed by atoms with Crippen LogP contribution in [0, 0.1) is 13.8 Å². The molecule has 0 saturated heterocycles. The monoisotopic (exact) mass is 178 g/mol. The summed E-state index contributed by atoms with van der Waals surface area (Å²) in [5.74, 6) is 0. The fourth-order valence-corrected chi connectivity index (χ4v) is 1.62. The number of anilines is 2. The molecule has 4 N–H and O–H groups in total. The number of hydrogen-bond donors (Lipinski definition) is 2. The third kappa shape index (κ3) is 1.77. The maximum atomic E-state index is 5.96. The molecular formula is C11H18N2. The molecule has 72 valence electrons. The first-order valence-electron chi connectivity index (χ1n) is 4.72. The molecule has 0 saturated carbocycles. The molecule has 0 aliphatic rings. The van der Waals surface area contributed by atoms with Gasteiger partial charge in [0.05, 0.1) is 0 Å². The second-order valence-electron chi connectivity index (χ2n) is 3.57. The first kappa shape index (κ1) is 9.90. The highest BCUT2D eigenvalue weighted by atomic mass is 14.6. The summed E-state index contributed by atoms with van der Waals surface area (Å²) in [4.78, 5) is 0. The van der Waals surface area contributed by atoms with Gasteiger partial charge in [0.2, 0.25) is 0 Å². The largest absolute Gasteiger partial charge is 0.398 e. The number of nitrogen functional groups attached to an aromatic ring is 2. The van der Waals surface area contributed by atoms with Crippen LogP contribution in [0.4, 0.5) is 11.4 Å². The number of benzene rings is 1. The van der Waals surface area contributed by atoms with E-state index in [-0.39, 0.29) is 0 Å². The first-order chi connectivity index (χ1) is 6.07. The predicted octanol–water partition coefficient (Wildman–Crippen LogP) is 2.42. The highest BCUT2D eigenvalue weighted by molar-refractivity contribution is 5.68. The van der Waals surface area contributed by atoms with Crippen molar-refractivity contribution in [3.05, 3.63) is 22.8 Å². The molecule has 13 heavy (non-hydrogen) atoms. The van der Waals surface area contributed by atoms with Crippen LogP contribution in [0.5, 0.6) is 0 Å². The van der Waals surface area contributed by atoms with Crippen LogP contribution in [0.3, 0.4) is 0 Å². The van der Waals surface area contributed by atoms with E-state index >= 15 is 0 Å². The van der Waals surface area contributed by atoms with E-state index in [0.29, 0.717) is 0 Å². The molecule has 1 aromatic carbocycles. The SMILES string of the molecule is CCCc1c(N)c(C)cc(C)c1N. The van der Waals surface area contributed by atoms with Gasteiger partial charge in [0.15, 0.2) is 0 Å². The van der Waals surface area contributed by atoms with Crippen molar-refractivity contribution in [3.63, 3.8) is 0 Å². The third-order valence-electron chi connectivity index (χ3n) is 2.43. The average Bonchev–Trinajstić information content (AvgIpc) is 2.09. The number of aryl methyl sites for hydroxylation is 2. The van der Waals surface area contributed by atoms with Gasteiger partial charge in [0, 0.05) is 11.4 Å². The molecule has 0 bridgehead atoms. The van der Waals surface area contributed by atoms with Gasteiger partial charge < -0.3 is 11.5 Å². The molecular weight excluding hydrogens is 160 g/mol. The van der Waals surface area contributed by atoms with Crippen LogP contribution in [0.15, 0.2) is 6.07 Å². The van der Waals surface area contributed by atoms with E-state index in [1.807, 2.05) is 19.9 Å². The number of rotatable bonds is 2.